The lowest BCUT2D eigenvalue weighted by atomic mass is 10.3. The molecule has 0 spiro atoms. The molecule has 8 heteroatoms. The smallest absolute Gasteiger partial charge is 0.264 e. The summed E-state index contributed by atoms with van der Waals surface area (Å²) in [4.78, 5) is 19.4. The molecule has 3 aromatic rings. The fourth-order valence-electron chi connectivity index (χ4n) is 3.33. The van der Waals surface area contributed by atoms with Gasteiger partial charge in [-0.1, -0.05) is 35.9 Å². The van der Waals surface area contributed by atoms with E-state index in [1.54, 1.807) is 12.1 Å². The minimum absolute atomic E-state index is 0.142. The summed E-state index contributed by atoms with van der Waals surface area (Å²) in [5.41, 5.74) is 1.83. The van der Waals surface area contributed by atoms with Gasteiger partial charge in [0.05, 0.1) is 29.3 Å². The van der Waals surface area contributed by atoms with Crippen molar-refractivity contribution in [2.24, 2.45) is 0 Å². The lowest BCUT2D eigenvalue weighted by Crippen LogP contribution is -2.38. The van der Waals surface area contributed by atoms with Gasteiger partial charge in [-0.25, -0.2) is 4.98 Å². The van der Waals surface area contributed by atoms with Gasteiger partial charge in [0.15, 0.2) is 6.61 Å². The van der Waals surface area contributed by atoms with Crippen LogP contribution in [0.25, 0.3) is 11.0 Å². The molecule has 1 fully saturated rings. The number of carbonyl (C=O) groups excluding carboxylic acids is 1. The Morgan fingerprint density at radius 3 is 2.69 bits per heavy atom. The molecule has 2 aromatic carbocycles. The van der Waals surface area contributed by atoms with Crippen molar-refractivity contribution in [2.45, 2.75) is 6.54 Å². The van der Waals surface area contributed by atoms with E-state index in [1.807, 2.05) is 41.0 Å². The van der Waals surface area contributed by atoms with Gasteiger partial charge < -0.3 is 14.0 Å². The highest BCUT2D eigenvalue weighted by Gasteiger charge is 2.16. The van der Waals surface area contributed by atoms with Gasteiger partial charge >= 0.3 is 0 Å². The van der Waals surface area contributed by atoms with E-state index in [9.17, 15) is 4.79 Å². The molecular formula is C21H23ClN4O3. The van der Waals surface area contributed by atoms with Crippen LogP contribution < -0.4 is 10.1 Å². The van der Waals surface area contributed by atoms with Crippen molar-refractivity contribution in [1.29, 1.82) is 0 Å². The second-order valence-electron chi connectivity index (χ2n) is 6.80. The summed E-state index contributed by atoms with van der Waals surface area (Å²) in [5, 5.41) is 3.35. The molecule has 1 aliphatic rings. The van der Waals surface area contributed by atoms with E-state index in [1.165, 1.54) is 0 Å². The molecule has 29 heavy (non-hydrogen) atoms. The number of para-hydroxylation sites is 3. The topological polar surface area (TPSA) is 68.6 Å². The van der Waals surface area contributed by atoms with Crippen molar-refractivity contribution < 1.29 is 14.3 Å². The third-order valence-electron chi connectivity index (χ3n) is 4.84. The van der Waals surface area contributed by atoms with Gasteiger partial charge in [-0.05, 0) is 24.3 Å². The number of benzene rings is 2. The number of carbonyl (C=O) groups is 1. The zero-order valence-electron chi connectivity index (χ0n) is 16.0. The highest BCUT2D eigenvalue weighted by molar-refractivity contribution is 6.32. The molecule has 1 aromatic heterocycles. The van der Waals surface area contributed by atoms with Gasteiger partial charge in [-0.2, -0.15) is 0 Å². The normalized spacial score (nSPS) is 14.8. The molecular weight excluding hydrogens is 392 g/mol. The number of ether oxygens (including phenoxy) is 2. The summed E-state index contributed by atoms with van der Waals surface area (Å²) in [5.74, 6) is 0.713. The van der Waals surface area contributed by atoms with Crippen LogP contribution in [0.15, 0.2) is 48.5 Å². The molecule has 1 saturated heterocycles. The lowest BCUT2D eigenvalue weighted by molar-refractivity contribution is -0.118. The van der Waals surface area contributed by atoms with E-state index < -0.39 is 0 Å². The number of hydrogen-bond acceptors (Lipinski definition) is 5. The van der Waals surface area contributed by atoms with Crippen LogP contribution in [0.1, 0.15) is 0 Å². The van der Waals surface area contributed by atoms with Gasteiger partial charge in [0.1, 0.15) is 5.75 Å². The van der Waals surface area contributed by atoms with Crippen molar-refractivity contribution in [3.8, 4) is 5.75 Å². The molecule has 1 aliphatic heterocycles. The van der Waals surface area contributed by atoms with E-state index in [2.05, 4.69) is 15.2 Å². The summed E-state index contributed by atoms with van der Waals surface area (Å²) in [6, 6.07) is 14.9. The predicted molar refractivity (Wildman–Crippen MR) is 113 cm³/mol. The van der Waals surface area contributed by atoms with E-state index in [4.69, 9.17) is 21.1 Å². The van der Waals surface area contributed by atoms with Crippen molar-refractivity contribution in [3.05, 3.63) is 53.6 Å². The molecule has 152 valence electrons. The summed E-state index contributed by atoms with van der Waals surface area (Å²) in [6.45, 7) is 4.79. The molecule has 0 saturated carbocycles. The Labute approximate surface area is 174 Å². The Hall–Kier alpha value is -2.61. The number of imidazole rings is 1. The SMILES string of the molecule is O=C(COc1ccccc1Cl)Nc1nc2ccccc2n1CCN1CCOCC1. The molecule has 1 N–H and O–H groups in total. The van der Waals surface area contributed by atoms with Crippen LogP contribution in [-0.4, -0.2) is 59.8 Å². The monoisotopic (exact) mass is 414 g/mol. The predicted octanol–water partition coefficient (Wildman–Crippen LogP) is 3.04. The van der Waals surface area contributed by atoms with Gasteiger partial charge in [0, 0.05) is 26.2 Å². The van der Waals surface area contributed by atoms with E-state index in [0.717, 1.165) is 50.4 Å². The molecule has 7 nitrogen and oxygen atoms in total. The third-order valence-corrected chi connectivity index (χ3v) is 5.16. The van der Waals surface area contributed by atoms with Crippen molar-refractivity contribution in [1.82, 2.24) is 14.5 Å². The number of amides is 1. The largest absolute Gasteiger partial charge is 0.482 e. The Morgan fingerprint density at radius 1 is 1.10 bits per heavy atom. The maximum absolute atomic E-state index is 12.5. The average molecular weight is 415 g/mol. The van der Waals surface area contributed by atoms with Crippen molar-refractivity contribution >= 4 is 34.5 Å². The molecule has 0 unspecified atom stereocenters. The van der Waals surface area contributed by atoms with Crippen LogP contribution in [0.5, 0.6) is 5.75 Å². The minimum Gasteiger partial charge on any atom is -0.482 e. The fourth-order valence-corrected chi connectivity index (χ4v) is 3.52. The van der Waals surface area contributed by atoms with E-state index in [-0.39, 0.29) is 12.5 Å². The molecule has 0 atom stereocenters. The maximum atomic E-state index is 12.5. The Kier molecular flexibility index (Phi) is 6.29. The number of halogens is 1. The minimum atomic E-state index is -0.284. The quantitative estimate of drug-likeness (QED) is 0.643. The summed E-state index contributed by atoms with van der Waals surface area (Å²) in [7, 11) is 0. The number of rotatable bonds is 7. The average Bonchev–Trinajstić information content (AvgIpc) is 3.09. The van der Waals surface area contributed by atoms with Gasteiger partial charge in [-0.3, -0.25) is 15.0 Å². The zero-order valence-corrected chi connectivity index (χ0v) is 16.8. The highest BCUT2D eigenvalue weighted by Crippen LogP contribution is 2.23. The second kappa shape index (κ2) is 9.26. The van der Waals surface area contributed by atoms with Crippen LogP contribution in [0, 0.1) is 0 Å². The summed E-state index contributed by atoms with van der Waals surface area (Å²) < 4.78 is 13.0. The number of anilines is 1. The Balaban J connectivity index is 1.45. The lowest BCUT2D eigenvalue weighted by Gasteiger charge is -2.26. The summed E-state index contributed by atoms with van der Waals surface area (Å²) in [6.07, 6.45) is 0. The molecule has 4 rings (SSSR count). The van der Waals surface area contributed by atoms with Crippen LogP contribution in [0.3, 0.4) is 0 Å². The number of fused-ring (bicyclic) bond motifs is 1. The second-order valence-corrected chi connectivity index (χ2v) is 7.20. The Morgan fingerprint density at radius 2 is 1.86 bits per heavy atom. The number of morpholine rings is 1. The van der Waals surface area contributed by atoms with Gasteiger partial charge in [0.25, 0.3) is 5.91 Å². The van der Waals surface area contributed by atoms with Crippen LogP contribution >= 0.6 is 11.6 Å². The van der Waals surface area contributed by atoms with E-state index >= 15 is 0 Å². The maximum Gasteiger partial charge on any atom is 0.264 e. The first-order valence-corrected chi connectivity index (χ1v) is 10.0. The van der Waals surface area contributed by atoms with Crippen LogP contribution in [0.2, 0.25) is 5.02 Å². The zero-order chi connectivity index (χ0) is 20.1. The molecule has 0 bridgehead atoms. The number of nitrogens with one attached hydrogen (secondary N) is 1. The third kappa shape index (κ3) is 4.87. The van der Waals surface area contributed by atoms with Gasteiger partial charge in [0.2, 0.25) is 5.95 Å². The fraction of sp³-hybridized carbons (Fsp3) is 0.333. The molecule has 0 radical (unpaired) electrons. The van der Waals surface area contributed by atoms with E-state index in [0.29, 0.717) is 16.7 Å². The van der Waals surface area contributed by atoms with Crippen LogP contribution in [-0.2, 0) is 16.1 Å². The first-order chi connectivity index (χ1) is 14.2. The van der Waals surface area contributed by atoms with Crippen molar-refractivity contribution in [2.75, 3.05) is 44.8 Å². The standard InChI is InChI=1S/C21H23ClN4O3/c22-16-5-1-4-8-19(16)29-15-20(27)24-21-23-17-6-2-3-7-18(17)26(21)10-9-25-11-13-28-14-12-25/h1-8H,9-15H2,(H,23,24,27). The summed E-state index contributed by atoms with van der Waals surface area (Å²) >= 11 is 6.07. The highest BCUT2D eigenvalue weighted by atomic mass is 35.5. The molecule has 1 amide bonds. The van der Waals surface area contributed by atoms with Crippen molar-refractivity contribution in [3.63, 3.8) is 0 Å². The first kappa shape index (κ1) is 19.7. The first-order valence-electron chi connectivity index (χ1n) is 9.63. The number of hydrogen-bond donors (Lipinski definition) is 1. The molecule has 0 aliphatic carbocycles. The van der Waals surface area contributed by atoms with Gasteiger partial charge in [-0.15, -0.1) is 0 Å². The molecule has 2 heterocycles. The Bertz CT molecular complexity index is 985. The number of nitrogens with zero attached hydrogens (tertiary/aromatic N) is 3. The number of aromatic nitrogens is 2. The van der Waals surface area contributed by atoms with Crippen LogP contribution in [0.4, 0.5) is 5.95 Å².